The van der Waals surface area contributed by atoms with Gasteiger partial charge >= 0.3 is 0 Å². The van der Waals surface area contributed by atoms with Crippen LogP contribution in [0.25, 0.3) is 0 Å². The summed E-state index contributed by atoms with van der Waals surface area (Å²) >= 11 is 0. The highest BCUT2D eigenvalue weighted by molar-refractivity contribution is 7.71. The lowest BCUT2D eigenvalue weighted by Crippen LogP contribution is -2.08. The fraction of sp³-hybridized carbons (Fsp3) is 0.778. The number of carbonyl (C=O) groups excluding carboxylic acids is 1. The SMILES string of the molecule is CCO[P+]1(C)CCCC1C=C=O. The molecule has 0 spiro atoms. The van der Waals surface area contributed by atoms with Gasteiger partial charge in [0.15, 0.2) is 0 Å². The Balaban J connectivity index is 2.66. The van der Waals surface area contributed by atoms with Crippen LogP contribution in [-0.4, -0.2) is 31.0 Å². The van der Waals surface area contributed by atoms with Gasteiger partial charge in [-0.25, -0.2) is 9.32 Å². The smallest absolute Gasteiger partial charge is 0.150 e. The number of hydrogen-bond acceptors (Lipinski definition) is 2. The van der Waals surface area contributed by atoms with Crippen molar-refractivity contribution in [3.8, 4) is 0 Å². The second-order valence-corrected chi connectivity index (χ2v) is 7.03. The first-order valence-corrected chi connectivity index (χ1v) is 6.84. The first-order valence-electron chi connectivity index (χ1n) is 4.43. The van der Waals surface area contributed by atoms with Gasteiger partial charge in [0.25, 0.3) is 0 Å². The summed E-state index contributed by atoms with van der Waals surface area (Å²) < 4.78 is 5.76. The molecule has 2 unspecified atom stereocenters. The van der Waals surface area contributed by atoms with E-state index < -0.39 is 7.49 Å². The first-order chi connectivity index (χ1) is 5.73. The molecule has 0 aromatic rings. The van der Waals surface area contributed by atoms with Crippen molar-refractivity contribution in [3.05, 3.63) is 6.08 Å². The second kappa shape index (κ2) is 4.18. The molecule has 68 valence electrons. The molecule has 0 bridgehead atoms. The average molecular weight is 187 g/mol. The van der Waals surface area contributed by atoms with Gasteiger partial charge in [0.1, 0.15) is 19.1 Å². The Hall–Kier alpha value is -0.160. The van der Waals surface area contributed by atoms with Crippen LogP contribution in [-0.2, 0) is 9.32 Å². The third-order valence-electron chi connectivity index (χ3n) is 2.49. The molecule has 1 heterocycles. The maximum absolute atomic E-state index is 10.2. The zero-order chi connectivity index (χ0) is 9.03. The molecular formula is C9H16O2P+. The van der Waals surface area contributed by atoms with Gasteiger partial charge < -0.3 is 0 Å². The third kappa shape index (κ3) is 1.95. The highest BCUT2D eigenvalue weighted by Gasteiger charge is 2.46. The maximum atomic E-state index is 10.2. The predicted molar refractivity (Wildman–Crippen MR) is 52.6 cm³/mol. The van der Waals surface area contributed by atoms with Crippen LogP contribution < -0.4 is 0 Å². The van der Waals surface area contributed by atoms with E-state index in [1.54, 1.807) is 6.08 Å². The molecule has 2 atom stereocenters. The van der Waals surface area contributed by atoms with E-state index in [9.17, 15) is 4.79 Å². The molecule has 0 aromatic carbocycles. The Morgan fingerprint density at radius 2 is 2.50 bits per heavy atom. The Bertz CT molecular complexity index is 199. The molecule has 1 aliphatic rings. The van der Waals surface area contributed by atoms with Gasteiger partial charge in [-0.15, -0.1) is 0 Å². The van der Waals surface area contributed by atoms with Crippen molar-refractivity contribution in [2.45, 2.75) is 25.4 Å². The zero-order valence-electron chi connectivity index (χ0n) is 7.75. The quantitative estimate of drug-likeness (QED) is 0.499. The fourth-order valence-corrected chi connectivity index (χ4v) is 4.99. The summed E-state index contributed by atoms with van der Waals surface area (Å²) in [6.45, 7) is 4.99. The van der Waals surface area contributed by atoms with E-state index in [0.29, 0.717) is 5.66 Å². The monoisotopic (exact) mass is 187 g/mol. The van der Waals surface area contributed by atoms with Crippen molar-refractivity contribution in [3.63, 3.8) is 0 Å². The predicted octanol–water partition coefficient (Wildman–Crippen LogP) is 2.14. The number of hydrogen-bond donors (Lipinski definition) is 0. The highest BCUT2D eigenvalue weighted by Crippen LogP contribution is 2.66. The third-order valence-corrected chi connectivity index (χ3v) is 6.35. The van der Waals surface area contributed by atoms with Gasteiger partial charge in [0.05, 0.1) is 19.4 Å². The van der Waals surface area contributed by atoms with E-state index >= 15 is 0 Å². The molecule has 1 rings (SSSR count). The lowest BCUT2D eigenvalue weighted by molar-refractivity contribution is 0.367. The van der Waals surface area contributed by atoms with Crippen molar-refractivity contribution in [1.82, 2.24) is 0 Å². The number of allylic oxidation sites excluding steroid dienone is 1. The Morgan fingerprint density at radius 1 is 1.75 bits per heavy atom. The van der Waals surface area contributed by atoms with E-state index in [1.165, 1.54) is 12.6 Å². The average Bonchev–Trinajstić information content (AvgIpc) is 2.35. The van der Waals surface area contributed by atoms with Gasteiger partial charge in [-0.2, -0.15) is 0 Å². The van der Waals surface area contributed by atoms with Crippen LogP contribution in [0, 0.1) is 0 Å². The molecule has 0 N–H and O–H groups in total. The standard InChI is InChI=1S/C9H16O2P/c1-3-11-12(2)8-4-5-9(12)6-7-10/h6,9H,3-5,8H2,1-2H3/q+1. The second-order valence-electron chi connectivity index (χ2n) is 3.31. The van der Waals surface area contributed by atoms with Crippen molar-refractivity contribution < 1.29 is 9.32 Å². The van der Waals surface area contributed by atoms with Crippen molar-refractivity contribution in [2.24, 2.45) is 0 Å². The molecule has 2 nitrogen and oxygen atoms in total. The van der Waals surface area contributed by atoms with Crippen molar-refractivity contribution in [2.75, 3.05) is 19.4 Å². The fourth-order valence-electron chi connectivity index (χ4n) is 1.83. The van der Waals surface area contributed by atoms with Crippen LogP contribution in [0.1, 0.15) is 19.8 Å². The molecule has 1 saturated heterocycles. The summed E-state index contributed by atoms with van der Waals surface area (Å²) in [5.41, 5.74) is 0.384. The summed E-state index contributed by atoms with van der Waals surface area (Å²) in [6, 6.07) is 0. The molecule has 0 saturated carbocycles. The van der Waals surface area contributed by atoms with Crippen LogP contribution in [0.15, 0.2) is 6.08 Å². The molecule has 1 aliphatic heterocycles. The topological polar surface area (TPSA) is 26.3 Å². The summed E-state index contributed by atoms with van der Waals surface area (Å²) in [5, 5.41) is 0. The first kappa shape index (κ1) is 9.92. The van der Waals surface area contributed by atoms with Gasteiger partial charge in [0, 0.05) is 6.08 Å². The minimum Gasteiger partial charge on any atom is -0.238 e. The van der Waals surface area contributed by atoms with Gasteiger partial charge in [0.2, 0.25) is 0 Å². The Morgan fingerprint density at radius 3 is 3.08 bits per heavy atom. The van der Waals surface area contributed by atoms with Crippen molar-refractivity contribution >= 4 is 13.4 Å². The van der Waals surface area contributed by atoms with E-state index in [2.05, 4.69) is 6.66 Å². The molecule has 0 aromatic heterocycles. The summed E-state index contributed by atoms with van der Waals surface area (Å²) in [5.74, 6) is 1.90. The van der Waals surface area contributed by atoms with E-state index in [-0.39, 0.29) is 0 Å². The van der Waals surface area contributed by atoms with Gasteiger partial charge in [-0.3, -0.25) is 0 Å². The van der Waals surface area contributed by atoms with Crippen LogP contribution in [0.2, 0.25) is 0 Å². The van der Waals surface area contributed by atoms with Gasteiger partial charge in [-0.1, -0.05) is 0 Å². The Kier molecular flexibility index (Phi) is 3.46. The molecule has 0 aliphatic carbocycles. The maximum Gasteiger partial charge on any atom is 0.150 e. The van der Waals surface area contributed by atoms with E-state index in [1.807, 2.05) is 12.9 Å². The molecule has 3 heteroatoms. The molecule has 1 fully saturated rings. The van der Waals surface area contributed by atoms with Crippen LogP contribution in [0.5, 0.6) is 0 Å². The largest absolute Gasteiger partial charge is 0.238 e. The van der Waals surface area contributed by atoms with Crippen LogP contribution in [0.4, 0.5) is 0 Å². The van der Waals surface area contributed by atoms with E-state index in [0.717, 1.165) is 13.0 Å². The summed E-state index contributed by atoms with van der Waals surface area (Å²) in [4.78, 5) is 10.2. The van der Waals surface area contributed by atoms with E-state index in [4.69, 9.17) is 4.52 Å². The lowest BCUT2D eigenvalue weighted by atomic mass is 10.2. The normalized spacial score (nSPS) is 34.7. The summed E-state index contributed by atoms with van der Waals surface area (Å²) in [6.07, 6.45) is 5.15. The van der Waals surface area contributed by atoms with Crippen LogP contribution >= 0.6 is 7.49 Å². The molecule has 0 radical (unpaired) electrons. The zero-order valence-corrected chi connectivity index (χ0v) is 8.64. The van der Waals surface area contributed by atoms with Gasteiger partial charge in [-0.05, 0) is 19.8 Å². The number of rotatable bonds is 3. The van der Waals surface area contributed by atoms with Crippen molar-refractivity contribution in [1.29, 1.82) is 0 Å². The minimum atomic E-state index is -1.26. The minimum absolute atomic E-state index is 0.384. The Labute approximate surface area is 74.4 Å². The molecule has 0 amide bonds. The molecular weight excluding hydrogens is 171 g/mol. The molecule has 12 heavy (non-hydrogen) atoms. The van der Waals surface area contributed by atoms with Crippen LogP contribution in [0.3, 0.4) is 0 Å². The lowest BCUT2D eigenvalue weighted by Gasteiger charge is -2.19. The summed E-state index contributed by atoms with van der Waals surface area (Å²) in [7, 11) is -1.26. The highest BCUT2D eigenvalue weighted by atomic mass is 31.2.